The van der Waals surface area contributed by atoms with Crippen LogP contribution in [-0.2, 0) is 9.59 Å². The van der Waals surface area contributed by atoms with Crippen molar-refractivity contribution in [1.29, 1.82) is 0 Å². The van der Waals surface area contributed by atoms with Crippen LogP contribution in [0.4, 0.5) is 11.4 Å². The normalized spacial score (nSPS) is 15.7. The zero-order chi connectivity index (χ0) is 19.7. The minimum absolute atomic E-state index is 0.0509. The first-order valence-corrected chi connectivity index (χ1v) is 8.48. The van der Waals surface area contributed by atoms with E-state index in [9.17, 15) is 14.4 Å². The summed E-state index contributed by atoms with van der Waals surface area (Å²) in [6, 6.07) is 9.89. The number of hydrogen-bond donors (Lipinski definition) is 2. The van der Waals surface area contributed by atoms with E-state index in [4.69, 9.17) is 9.84 Å². The summed E-state index contributed by atoms with van der Waals surface area (Å²) in [4.78, 5) is 37.5. The van der Waals surface area contributed by atoms with E-state index in [-0.39, 0.29) is 29.7 Å². The van der Waals surface area contributed by atoms with Crippen LogP contribution >= 0.6 is 0 Å². The summed E-state index contributed by atoms with van der Waals surface area (Å²) in [6.45, 7) is 5.23. The molecule has 0 spiro atoms. The number of carbonyl (C=O) groups is 3. The molecule has 1 heterocycles. The zero-order valence-corrected chi connectivity index (χ0v) is 15.3. The molecule has 2 N–H and O–H groups in total. The van der Waals surface area contributed by atoms with Crippen LogP contribution in [0.15, 0.2) is 36.4 Å². The minimum Gasteiger partial charge on any atom is -0.479 e. The molecule has 0 saturated carbocycles. The van der Waals surface area contributed by atoms with Gasteiger partial charge in [0.1, 0.15) is 12.3 Å². The highest BCUT2D eigenvalue weighted by Gasteiger charge is 2.33. The molecule has 2 aromatic rings. The number of anilines is 2. The maximum Gasteiger partial charge on any atom is 0.335 e. The number of fused-ring (bicyclic) bond motifs is 1. The average molecular weight is 368 g/mol. The van der Waals surface area contributed by atoms with Crippen LogP contribution in [0.1, 0.15) is 28.4 Å². The van der Waals surface area contributed by atoms with Crippen LogP contribution in [0.25, 0.3) is 0 Å². The van der Waals surface area contributed by atoms with Crippen LogP contribution in [0, 0.1) is 13.8 Å². The van der Waals surface area contributed by atoms with Crippen LogP contribution in [0.5, 0.6) is 5.75 Å². The second kappa shape index (κ2) is 7.11. The lowest BCUT2D eigenvalue weighted by atomic mass is 10.1. The number of aromatic carboxylic acids is 1. The fraction of sp³-hybridized carbons (Fsp3) is 0.250. The zero-order valence-electron chi connectivity index (χ0n) is 15.3. The Hall–Kier alpha value is -3.35. The Labute approximate surface area is 156 Å². The third kappa shape index (κ3) is 3.76. The third-order valence-corrected chi connectivity index (χ3v) is 4.37. The molecule has 0 radical (unpaired) electrons. The van der Waals surface area contributed by atoms with Crippen molar-refractivity contribution in [1.82, 2.24) is 0 Å². The van der Waals surface area contributed by atoms with E-state index < -0.39 is 12.1 Å². The predicted molar refractivity (Wildman–Crippen MR) is 100 cm³/mol. The topological polar surface area (TPSA) is 95.9 Å². The molecular weight excluding hydrogens is 348 g/mol. The highest BCUT2D eigenvalue weighted by molar-refractivity contribution is 6.06. The Morgan fingerprint density at radius 3 is 2.59 bits per heavy atom. The molecule has 0 aliphatic carbocycles. The number of nitrogens with one attached hydrogen (secondary N) is 1. The van der Waals surface area contributed by atoms with E-state index in [1.54, 1.807) is 6.92 Å². The fourth-order valence-electron chi connectivity index (χ4n) is 2.99. The van der Waals surface area contributed by atoms with Crippen LogP contribution in [0.3, 0.4) is 0 Å². The summed E-state index contributed by atoms with van der Waals surface area (Å²) in [6.07, 6.45) is -0.810. The number of hydrogen-bond acceptors (Lipinski definition) is 4. The van der Waals surface area contributed by atoms with Gasteiger partial charge in [0.15, 0.2) is 6.10 Å². The number of carbonyl (C=O) groups excluding carboxylic acids is 2. The summed E-state index contributed by atoms with van der Waals surface area (Å²) < 4.78 is 5.51. The maximum absolute atomic E-state index is 12.5. The van der Waals surface area contributed by atoms with Crippen molar-refractivity contribution in [2.24, 2.45) is 0 Å². The summed E-state index contributed by atoms with van der Waals surface area (Å²) in [5.41, 5.74) is 3.12. The number of aryl methyl sites for hydroxylation is 2. The third-order valence-electron chi connectivity index (χ3n) is 4.37. The minimum atomic E-state index is -1.09. The Morgan fingerprint density at radius 2 is 1.93 bits per heavy atom. The Morgan fingerprint density at radius 1 is 1.19 bits per heavy atom. The van der Waals surface area contributed by atoms with E-state index in [1.165, 1.54) is 23.1 Å². The number of amides is 2. The first kappa shape index (κ1) is 18.4. The lowest BCUT2D eigenvalue weighted by Gasteiger charge is -2.32. The molecule has 0 saturated heterocycles. The van der Waals surface area contributed by atoms with Crippen molar-refractivity contribution in [2.45, 2.75) is 26.9 Å². The molecule has 3 rings (SSSR count). The molecule has 1 aliphatic rings. The maximum atomic E-state index is 12.5. The van der Waals surface area contributed by atoms with Crippen LogP contribution in [-0.4, -0.2) is 35.5 Å². The molecular formula is C20H20N2O5. The van der Waals surface area contributed by atoms with Gasteiger partial charge in [-0.1, -0.05) is 17.7 Å². The number of ether oxygens (including phenoxy) is 1. The van der Waals surface area contributed by atoms with Crippen molar-refractivity contribution in [2.75, 3.05) is 16.8 Å². The predicted octanol–water partition coefficient (Wildman–Crippen LogP) is 2.75. The molecule has 140 valence electrons. The van der Waals surface area contributed by atoms with Gasteiger partial charge >= 0.3 is 5.97 Å². The summed E-state index contributed by atoms with van der Waals surface area (Å²) in [5, 5.41) is 11.9. The van der Waals surface area contributed by atoms with E-state index >= 15 is 0 Å². The largest absolute Gasteiger partial charge is 0.479 e. The highest BCUT2D eigenvalue weighted by Crippen LogP contribution is 2.35. The SMILES string of the molecule is Cc1ccc(NC(=O)CN2C(=O)C(C)Oc3cc(C(=O)O)ccc32)c(C)c1. The molecule has 7 nitrogen and oxygen atoms in total. The van der Waals surface area contributed by atoms with Crippen molar-refractivity contribution in [3.63, 3.8) is 0 Å². The fourth-order valence-corrected chi connectivity index (χ4v) is 2.99. The van der Waals surface area contributed by atoms with E-state index in [2.05, 4.69) is 5.32 Å². The molecule has 1 aliphatic heterocycles. The van der Waals surface area contributed by atoms with Gasteiger partial charge in [-0.05, 0) is 50.6 Å². The summed E-state index contributed by atoms with van der Waals surface area (Å²) in [5.74, 6) is -1.54. The molecule has 0 fully saturated rings. The average Bonchev–Trinajstić information content (AvgIpc) is 2.60. The highest BCUT2D eigenvalue weighted by atomic mass is 16.5. The molecule has 0 aromatic heterocycles. The smallest absolute Gasteiger partial charge is 0.335 e. The van der Waals surface area contributed by atoms with Crippen molar-refractivity contribution in [3.05, 3.63) is 53.1 Å². The molecule has 2 aromatic carbocycles. The van der Waals surface area contributed by atoms with Gasteiger partial charge in [-0.2, -0.15) is 0 Å². The van der Waals surface area contributed by atoms with Crippen molar-refractivity contribution in [3.8, 4) is 5.75 Å². The van der Waals surface area contributed by atoms with Crippen LogP contribution < -0.4 is 15.0 Å². The van der Waals surface area contributed by atoms with Gasteiger partial charge in [-0.25, -0.2) is 4.79 Å². The van der Waals surface area contributed by atoms with Crippen molar-refractivity contribution >= 4 is 29.2 Å². The lowest BCUT2D eigenvalue weighted by molar-refractivity contribution is -0.127. The van der Waals surface area contributed by atoms with Crippen molar-refractivity contribution < 1.29 is 24.2 Å². The number of nitrogens with zero attached hydrogens (tertiary/aromatic N) is 1. The van der Waals surface area contributed by atoms with Gasteiger partial charge in [-0.3, -0.25) is 14.5 Å². The Kier molecular flexibility index (Phi) is 4.85. The van der Waals surface area contributed by atoms with Crippen LogP contribution in [0.2, 0.25) is 0 Å². The van der Waals surface area contributed by atoms with E-state index in [1.807, 2.05) is 32.0 Å². The van der Waals surface area contributed by atoms with Gasteiger partial charge in [0.05, 0.1) is 11.3 Å². The molecule has 27 heavy (non-hydrogen) atoms. The Bertz CT molecular complexity index is 938. The number of rotatable bonds is 4. The Balaban J connectivity index is 1.84. The van der Waals surface area contributed by atoms with Gasteiger partial charge < -0.3 is 15.2 Å². The number of benzene rings is 2. The molecule has 2 amide bonds. The quantitative estimate of drug-likeness (QED) is 0.865. The number of carboxylic acids is 1. The summed E-state index contributed by atoms with van der Waals surface area (Å²) in [7, 11) is 0. The molecule has 0 bridgehead atoms. The van der Waals surface area contributed by atoms with Gasteiger partial charge in [0.25, 0.3) is 5.91 Å². The molecule has 1 unspecified atom stereocenters. The van der Waals surface area contributed by atoms with E-state index in [0.717, 1.165) is 11.1 Å². The lowest BCUT2D eigenvalue weighted by Crippen LogP contribution is -2.47. The standard InChI is InChI=1S/C20H20N2O5/c1-11-4-6-15(12(2)8-11)21-18(23)10-22-16-7-5-14(20(25)26)9-17(16)27-13(3)19(22)24/h4-9,13H,10H2,1-3H3,(H,21,23)(H,25,26). The number of carboxylic acid groups (broad SMARTS) is 1. The second-order valence-electron chi connectivity index (χ2n) is 6.54. The second-order valence-corrected chi connectivity index (χ2v) is 6.54. The first-order valence-electron chi connectivity index (χ1n) is 8.48. The van der Waals surface area contributed by atoms with Gasteiger partial charge in [0.2, 0.25) is 5.91 Å². The first-order chi connectivity index (χ1) is 12.8. The molecule has 7 heteroatoms. The summed E-state index contributed by atoms with van der Waals surface area (Å²) >= 11 is 0. The molecule has 1 atom stereocenters. The van der Waals surface area contributed by atoms with Gasteiger partial charge in [0, 0.05) is 5.69 Å². The van der Waals surface area contributed by atoms with Gasteiger partial charge in [-0.15, -0.1) is 0 Å². The monoisotopic (exact) mass is 368 g/mol. The van der Waals surface area contributed by atoms with E-state index in [0.29, 0.717) is 11.4 Å².